The maximum Gasteiger partial charge on any atom is -0.000666 e. The fourth-order valence-electron chi connectivity index (χ4n) is 1.97. The van der Waals surface area contributed by atoms with Crippen molar-refractivity contribution in [1.82, 2.24) is 9.80 Å². The predicted octanol–water partition coefficient (Wildman–Crippen LogP) is 1.78. The van der Waals surface area contributed by atoms with Crippen molar-refractivity contribution in [1.29, 1.82) is 0 Å². The van der Waals surface area contributed by atoms with Gasteiger partial charge in [0.25, 0.3) is 0 Å². The third kappa shape index (κ3) is 8.08. The van der Waals surface area contributed by atoms with Gasteiger partial charge in [-0.25, -0.2) is 0 Å². The van der Waals surface area contributed by atoms with Crippen molar-refractivity contribution in [3.63, 3.8) is 0 Å². The van der Waals surface area contributed by atoms with Gasteiger partial charge in [-0.15, -0.1) is 0 Å². The lowest BCUT2D eigenvalue weighted by Crippen LogP contribution is -2.30. The van der Waals surface area contributed by atoms with Crippen molar-refractivity contribution in [2.75, 3.05) is 45.8 Å². The smallest absolute Gasteiger partial charge is 0.000666 e. The minimum Gasteiger partial charge on any atom is -0.330 e. The number of hydrogen-bond donors (Lipinski definition) is 1. The standard InChI is InChI=1S/C13H31N3/c1-4-15(5-2)12-9-13-16(6-3)11-8-7-10-14/h4-14H2,1-3H3. The summed E-state index contributed by atoms with van der Waals surface area (Å²) in [5, 5.41) is 0. The quantitative estimate of drug-likeness (QED) is 0.548. The van der Waals surface area contributed by atoms with E-state index in [1.54, 1.807) is 0 Å². The van der Waals surface area contributed by atoms with Crippen LogP contribution in [0.3, 0.4) is 0 Å². The van der Waals surface area contributed by atoms with Crippen LogP contribution in [0.25, 0.3) is 0 Å². The van der Waals surface area contributed by atoms with Gasteiger partial charge in [0.2, 0.25) is 0 Å². The summed E-state index contributed by atoms with van der Waals surface area (Å²) in [7, 11) is 0. The molecular formula is C13H31N3. The van der Waals surface area contributed by atoms with Crippen LogP contribution in [-0.4, -0.2) is 55.6 Å². The van der Waals surface area contributed by atoms with Gasteiger partial charge in [-0.2, -0.15) is 0 Å². The molecule has 3 nitrogen and oxygen atoms in total. The van der Waals surface area contributed by atoms with Gasteiger partial charge >= 0.3 is 0 Å². The molecule has 0 amide bonds. The van der Waals surface area contributed by atoms with E-state index >= 15 is 0 Å². The lowest BCUT2D eigenvalue weighted by Gasteiger charge is -2.23. The van der Waals surface area contributed by atoms with E-state index in [-0.39, 0.29) is 0 Å². The highest BCUT2D eigenvalue weighted by Gasteiger charge is 2.03. The molecule has 0 rings (SSSR count). The molecule has 0 aliphatic rings. The average Bonchev–Trinajstić information content (AvgIpc) is 2.32. The van der Waals surface area contributed by atoms with Gasteiger partial charge in [0.05, 0.1) is 0 Å². The predicted molar refractivity (Wildman–Crippen MR) is 72.8 cm³/mol. The van der Waals surface area contributed by atoms with Crippen molar-refractivity contribution >= 4 is 0 Å². The summed E-state index contributed by atoms with van der Waals surface area (Å²) in [6, 6.07) is 0. The van der Waals surface area contributed by atoms with E-state index in [9.17, 15) is 0 Å². The second-order valence-corrected chi connectivity index (χ2v) is 4.31. The van der Waals surface area contributed by atoms with Gasteiger partial charge in [-0.1, -0.05) is 20.8 Å². The van der Waals surface area contributed by atoms with E-state index < -0.39 is 0 Å². The van der Waals surface area contributed by atoms with Gasteiger partial charge in [0, 0.05) is 0 Å². The number of rotatable bonds is 11. The Balaban J connectivity index is 3.53. The summed E-state index contributed by atoms with van der Waals surface area (Å²) < 4.78 is 0. The van der Waals surface area contributed by atoms with Gasteiger partial charge < -0.3 is 15.5 Å². The minimum atomic E-state index is 0.830. The summed E-state index contributed by atoms with van der Waals surface area (Å²) in [5.74, 6) is 0. The first kappa shape index (κ1) is 15.9. The van der Waals surface area contributed by atoms with E-state index in [4.69, 9.17) is 5.73 Å². The van der Waals surface area contributed by atoms with E-state index in [1.165, 1.54) is 52.1 Å². The molecule has 0 aromatic rings. The molecule has 16 heavy (non-hydrogen) atoms. The highest BCUT2D eigenvalue weighted by Crippen LogP contribution is 1.98. The van der Waals surface area contributed by atoms with Crippen molar-refractivity contribution in [2.45, 2.75) is 40.0 Å². The molecule has 3 heteroatoms. The number of nitrogens with zero attached hydrogens (tertiary/aromatic N) is 2. The first-order chi connectivity index (χ1) is 7.78. The Hall–Kier alpha value is -0.120. The van der Waals surface area contributed by atoms with Crippen LogP contribution >= 0.6 is 0 Å². The largest absolute Gasteiger partial charge is 0.330 e. The van der Waals surface area contributed by atoms with Gasteiger partial charge in [0.1, 0.15) is 0 Å². The van der Waals surface area contributed by atoms with Crippen LogP contribution in [0.15, 0.2) is 0 Å². The Labute approximate surface area is 102 Å². The number of hydrogen-bond acceptors (Lipinski definition) is 3. The SMILES string of the molecule is CCN(CC)CCCN(CC)CCCCN. The molecule has 0 aliphatic heterocycles. The van der Waals surface area contributed by atoms with Crippen LogP contribution in [0.1, 0.15) is 40.0 Å². The van der Waals surface area contributed by atoms with Gasteiger partial charge in [0.15, 0.2) is 0 Å². The summed E-state index contributed by atoms with van der Waals surface area (Å²) in [5.41, 5.74) is 5.51. The molecule has 0 spiro atoms. The Morgan fingerprint density at radius 1 is 0.688 bits per heavy atom. The molecule has 0 atom stereocenters. The Kier molecular flexibility index (Phi) is 11.3. The zero-order chi connectivity index (χ0) is 12.2. The summed E-state index contributed by atoms with van der Waals surface area (Å²) in [6.07, 6.45) is 3.69. The molecule has 0 radical (unpaired) electrons. The first-order valence-corrected chi connectivity index (χ1v) is 6.93. The highest BCUT2D eigenvalue weighted by atomic mass is 15.1. The molecule has 2 N–H and O–H groups in total. The molecule has 0 aromatic carbocycles. The Bertz CT molecular complexity index is 135. The minimum absolute atomic E-state index is 0.830. The molecule has 0 saturated carbocycles. The molecule has 98 valence electrons. The number of nitrogens with two attached hydrogens (primary N) is 1. The van der Waals surface area contributed by atoms with Gasteiger partial charge in [-0.05, 0) is 65.1 Å². The van der Waals surface area contributed by atoms with E-state index in [0.717, 1.165) is 13.0 Å². The average molecular weight is 229 g/mol. The van der Waals surface area contributed by atoms with Crippen molar-refractivity contribution in [3.05, 3.63) is 0 Å². The Morgan fingerprint density at radius 2 is 1.19 bits per heavy atom. The maximum atomic E-state index is 5.51. The molecule has 0 bridgehead atoms. The maximum absolute atomic E-state index is 5.51. The molecule has 0 aliphatic carbocycles. The fraction of sp³-hybridized carbons (Fsp3) is 1.00. The van der Waals surface area contributed by atoms with Crippen LogP contribution < -0.4 is 5.73 Å². The van der Waals surface area contributed by atoms with Crippen LogP contribution in [0, 0.1) is 0 Å². The third-order valence-corrected chi connectivity index (χ3v) is 3.22. The Morgan fingerprint density at radius 3 is 1.69 bits per heavy atom. The monoisotopic (exact) mass is 229 g/mol. The molecular weight excluding hydrogens is 198 g/mol. The lowest BCUT2D eigenvalue weighted by molar-refractivity contribution is 0.241. The second kappa shape index (κ2) is 11.4. The third-order valence-electron chi connectivity index (χ3n) is 3.22. The number of unbranched alkanes of at least 4 members (excludes halogenated alkanes) is 1. The molecule has 0 saturated heterocycles. The summed E-state index contributed by atoms with van der Waals surface area (Å²) in [6.45, 7) is 14.8. The van der Waals surface area contributed by atoms with Crippen LogP contribution in [0.2, 0.25) is 0 Å². The highest BCUT2D eigenvalue weighted by molar-refractivity contribution is 4.59. The molecule has 0 fully saturated rings. The topological polar surface area (TPSA) is 32.5 Å². The zero-order valence-corrected chi connectivity index (χ0v) is 11.5. The second-order valence-electron chi connectivity index (χ2n) is 4.31. The fourth-order valence-corrected chi connectivity index (χ4v) is 1.97. The normalized spacial score (nSPS) is 11.6. The van der Waals surface area contributed by atoms with E-state index in [0.29, 0.717) is 0 Å². The van der Waals surface area contributed by atoms with Crippen molar-refractivity contribution in [2.24, 2.45) is 5.73 Å². The first-order valence-electron chi connectivity index (χ1n) is 6.93. The molecule has 0 aromatic heterocycles. The van der Waals surface area contributed by atoms with E-state index in [2.05, 4.69) is 30.6 Å². The van der Waals surface area contributed by atoms with Crippen molar-refractivity contribution in [3.8, 4) is 0 Å². The molecule has 0 unspecified atom stereocenters. The summed E-state index contributed by atoms with van der Waals surface area (Å²) in [4.78, 5) is 5.03. The summed E-state index contributed by atoms with van der Waals surface area (Å²) >= 11 is 0. The lowest BCUT2D eigenvalue weighted by atomic mass is 10.2. The van der Waals surface area contributed by atoms with Gasteiger partial charge in [-0.3, -0.25) is 0 Å². The van der Waals surface area contributed by atoms with Crippen LogP contribution in [-0.2, 0) is 0 Å². The van der Waals surface area contributed by atoms with E-state index in [1.807, 2.05) is 0 Å². The van der Waals surface area contributed by atoms with Crippen molar-refractivity contribution < 1.29 is 0 Å². The zero-order valence-electron chi connectivity index (χ0n) is 11.5. The van der Waals surface area contributed by atoms with Crippen LogP contribution in [0.4, 0.5) is 0 Å². The van der Waals surface area contributed by atoms with Crippen LogP contribution in [0.5, 0.6) is 0 Å². The molecule has 0 heterocycles.